The summed E-state index contributed by atoms with van der Waals surface area (Å²) in [5.41, 5.74) is 0.355. The standard InChI is InChI=1S/C8H9BO5/c1-13-7-4-2-6(3-5-7)9(12)14-8(10)11/h2-5,12H,1H3,(H,10,11). The Bertz CT molecular complexity index is 310. The summed E-state index contributed by atoms with van der Waals surface area (Å²) >= 11 is 0. The lowest BCUT2D eigenvalue weighted by Crippen LogP contribution is -2.35. The lowest BCUT2D eigenvalue weighted by Gasteiger charge is -2.05. The highest BCUT2D eigenvalue weighted by atomic mass is 16.7. The lowest BCUT2D eigenvalue weighted by atomic mass is 9.80. The smallest absolute Gasteiger partial charge is 0.497 e. The molecule has 74 valence electrons. The fourth-order valence-electron chi connectivity index (χ4n) is 0.932. The number of hydrogen-bond donors (Lipinski definition) is 2. The zero-order chi connectivity index (χ0) is 10.6. The van der Waals surface area contributed by atoms with E-state index < -0.39 is 13.3 Å². The number of methoxy groups -OCH3 is 1. The highest BCUT2D eigenvalue weighted by molar-refractivity contribution is 6.61. The Labute approximate surface area is 81.0 Å². The maximum atomic E-state index is 10.1. The van der Waals surface area contributed by atoms with Crippen LogP contribution in [0.15, 0.2) is 24.3 Å². The molecule has 1 rings (SSSR count). The normalized spacial score (nSPS) is 9.29. The van der Waals surface area contributed by atoms with Crippen molar-refractivity contribution in [3.63, 3.8) is 0 Å². The molecule has 0 heterocycles. The van der Waals surface area contributed by atoms with Gasteiger partial charge in [0.2, 0.25) is 0 Å². The van der Waals surface area contributed by atoms with Gasteiger partial charge in [-0.2, -0.15) is 0 Å². The van der Waals surface area contributed by atoms with Crippen LogP contribution < -0.4 is 10.2 Å². The molecule has 5 nitrogen and oxygen atoms in total. The molecule has 6 heteroatoms. The minimum Gasteiger partial charge on any atom is -0.497 e. The Balaban J connectivity index is 2.71. The second-order valence-corrected chi connectivity index (χ2v) is 2.51. The fraction of sp³-hybridized carbons (Fsp3) is 0.125. The summed E-state index contributed by atoms with van der Waals surface area (Å²) in [6.45, 7) is 0. The van der Waals surface area contributed by atoms with E-state index in [-0.39, 0.29) is 0 Å². The number of ether oxygens (including phenoxy) is 1. The molecular formula is C8H9BO5. The maximum Gasteiger partial charge on any atom is 0.564 e. The van der Waals surface area contributed by atoms with Crippen LogP contribution in [0, 0.1) is 0 Å². The van der Waals surface area contributed by atoms with Gasteiger partial charge in [-0.3, -0.25) is 0 Å². The van der Waals surface area contributed by atoms with Crippen molar-refractivity contribution < 1.29 is 24.3 Å². The highest BCUT2D eigenvalue weighted by Crippen LogP contribution is 2.05. The Hall–Kier alpha value is -1.69. The average Bonchev–Trinajstić information content (AvgIpc) is 2.17. The SMILES string of the molecule is COc1ccc(B(O)OC(=O)O)cc1. The van der Waals surface area contributed by atoms with E-state index in [2.05, 4.69) is 4.65 Å². The predicted octanol–water partition coefficient (Wildman–Crippen LogP) is 0.0773. The Morgan fingerprint density at radius 3 is 2.36 bits per heavy atom. The Morgan fingerprint density at radius 2 is 1.93 bits per heavy atom. The van der Waals surface area contributed by atoms with Crippen LogP contribution in [0.5, 0.6) is 5.75 Å². The Kier molecular flexibility index (Phi) is 3.36. The van der Waals surface area contributed by atoms with Crippen LogP contribution in [-0.2, 0) is 4.65 Å². The molecule has 0 spiro atoms. The first-order valence-corrected chi connectivity index (χ1v) is 3.85. The third kappa shape index (κ3) is 2.67. The van der Waals surface area contributed by atoms with Crippen LogP contribution in [0.4, 0.5) is 4.79 Å². The van der Waals surface area contributed by atoms with Gasteiger partial charge in [0, 0.05) is 0 Å². The molecule has 1 aromatic carbocycles. The molecular weight excluding hydrogens is 187 g/mol. The van der Waals surface area contributed by atoms with E-state index in [1.54, 1.807) is 12.1 Å². The first-order chi connectivity index (χ1) is 6.63. The van der Waals surface area contributed by atoms with Crippen LogP contribution in [0.1, 0.15) is 0 Å². The van der Waals surface area contributed by atoms with Crippen LogP contribution in [0.3, 0.4) is 0 Å². The van der Waals surface area contributed by atoms with Crippen molar-refractivity contribution in [2.75, 3.05) is 7.11 Å². The summed E-state index contributed by atoms with van der Waals surface area (Å²) in [5, 5.41) is 17.4. The molecule has 0 radical (unpaired) electrons. The minimum absolute atomic E-state index is 0.355. The van der Waals surface area contributed by atoms with Gasteiger partial charge in [0.15, 0.2) is 0 Å². The molecule has 0 aliphatic carbocycles. The van der Waals surface area contributed by atoms with Crippen molar-refractivity contribution in [3.05, 3.63) is 24.3 Å². The summed E-state index contributed by atoms with van der Waals surface area (Å²) in [7, 11) is 0.0533. The fourth-order valence-corrected chi connectivity index (χ4v) is 0.932. The van der Waals surface area contributed by atoms with Crippen LogP contribution >= 0.6 is 0 Å². The van der Waals surface area contributed by atoms with Gasteiger partial charge >= 0.3 is 13.3 Å². The van der Waals surface area contributed by atoms with Crippen molar-refractivity contribution >= 4 is 18.7 Å². The summed E-state index contributed by atoms with van der Waals surface area (Å²) in [5.74, 6) is 0.622. The van der Waals surface area contributed by atoms with E-state index in [1.807, 2.05) is 0 Å². The van der Waals surface area contributed by atoms with E-state index in [1.165, 1.54) is 19.2 Å². The molecule has 0 amide bonds. The summed E-state index contributed by atoms with van der Waals surface area (Å²) < 4.78 is 9.03. The number of carboxylic acid groups (broad SMARTS) is 1. The summed E-state index contributed by atoms with van der Waals surface area (Å²) in [6, 6.07) is 6.24. The minimum atomic E-state index is -1.52. The van der Waals surface area contributed by atoms with Gasteiger partial charge < -0.3 is 19.5 Å². The maximum absolute atomic E-state index is 10.1. The molecule has 0 saturated heterocycles. The largest absolute Gasteiger partial charge is 0.564 e. The molecule has 0 atom stereocenters. The van der Waals surface area contributed by atoms with Crippen molar-refractivity contribution in [3.8, 4) is 5.75 Å². The first-order valence-electron chi connectivity index (χ1n) is 3.85. The van der Waals surface area contributed by atoms with E-state index in [4.69, 9.17) is 9.84 Å². The second kappa shape index (κ2) is 4.52. The third-order valence-corrected chi connectivity index (χ3v) is 1.61. The van der Waals surface area contributed by atoms with Gasteiger partial charge in [0.05, 0.1) is 7.11 Å². The number of rotatable bonds is 3. The zero-order valence-electron chi connectivity index (χ0n) is 7.51. The van der Waals surface area contributed by atoms with Crippen molar-refractivity contribution in [1.29, 1.82) is 0 Å². The summed E-state index contributed by atoms with van der Waals surface area (Å²) in [4.78, 5) is 10.1. The van der Waals surface area contributed by atoms with Crippen molar-refractivity contribution in [1.82, 2.24) is 0 Å². The number of hydrogen-bond acceptors (Lipinski definition) is 4. The van der Waals surface area contributed by atoms with E-state index >= 15 is 0 Å². The number of benzene rings is 1. The molecule has 0 aliphatic heterocycles. The van der Waals surface area contributed by atoms with Gasteiger partial charge in [-0.15, -0.1) is 0 Å². The van der Waals surface area contributed by atoms with Gasteiger partial charge in [0.25, 0.3) is 0 Å². The highest BCUT2D eigenvalue weighted by Gasteiger charge is 2.20. The van der Waals surface area contributed by atoms with Gasteiger partial charge in [-0.25, -0.2) is 4.79 Å². The quantitative estimate of drug-likeness (QED) is 0.669. The van der Waals surface area contributed by atoms with Crippen molar-refractivity contribution in [2.24, 2.45) is 0 Å². The van der Waals surface area contributed by atoms with Crippen molar-refractivity contribution in [2.45, 2.75) is 0 Å². The summed E-state index contributed by atoms with van der Waals surface area (Å²) in [6.07, 6.45) is -1.52. The van der Waals surface area contributed by atoms with E-state index in [0.717, 1.165) is 0 Å². The molecule has 1 aromatic rings. The van der Waals surface area contributed by atoms with Gasteiger partial charge in [-0.1, -0.05) is 12.1 Å². The molecule has 2 N–H and O–H groups in total. The molecule has 0 aliphatic rings. The topological polar surface area (TPSA) is 76.0 Å². The van der Waals surface area contributed by atoms with Gasteiger partial charge in [-0.05, 0) is 17.6 Å². The predicted molar refractivity (Wildman–Crippen MR) is 49.7 cm³/mol. The van der Waals surface area contributed by atoms with E-state index in [0.29, 0.717) is 11.2 Å². The average molecular weight is 196 g/mol. The first kappa shape index (κ1) is 10.4. The molecule has 14 heavy (non-hydrogen) atoms. The van der Waals surface area contributed by atoms with Crippen LogP contribution in [0.2, 0.25) is 0 Å². The molecule has 0 unspecified atom stereocenters. The second-order valence-electron chi connectivity index (χ2n) is 2.51. The third-order valence-electron chi connectivity index (χ3n) is 1.61. The monoisotopic (exact) mass is 196 g/mol. The van der Waals surface area contributed by atoms with Crippen LogP contribution in [0.25, 0.3) is 0 Å². The zero-order valence-corrected chi connectivity index (χ0v) is 7.51. The van der Waals surface area contributed by atoms with E-state index in [9.17, 15) is 9.82 Å². The Morgan fingerprint density at radius 1 is 1.36 bits per heavy atom. The molecule has 0 bridgehead atoms. The lowest BCUT2D eigenvalue weighted by molar-refractivity contribution is 0.137. The molecule has 0 aromatic heterocycles. The van der Waals surface area contributed by atoms with Gasteiger partial charge in [0.1, 0.15) is 5.75 Å². The molecule has 0 saturated carbocycles. The number of carbonyl (C=O) groups is 1. The molecule has 0 fully saturated rings. The van der Waals surface area contributed by atoms with Crippen LogP contribution in [-0.4, -0.2) is 30.5 Å².